The third-order valence-electron chi connectivity index (χ3n) is 5.76. The van der Waals surface area contributed by atoms with E-state index in [0.717, 1.165) is 39.8 Å². The molecule has 4 rings (SSSR count). The molecule has 0 aromatic heterocycles. The summed E-state index contributed by atoms with van der Waals surface area (Å²) in [6, 6.07) is 24.9. The Balaban J connectivity index is 1.31. The Bertz CT molecular complexity index is 1330. The molecule has 3 aromatic rings. The minimum Gasteiger partial charge on any atom is -0.318 e. The molecule has 1 unspecified atom stereocenters. The average molecular weight is 562 g/mol. The minimum absolute atomic E-state index is 0.0263. The molecule has 3 aromatic carbocycles. The van der Waals surface area contributed by atoms with Crippen LogP contribution in [0.5, 0.6) is 0 Å². The second-order valence-corrected chi connectivity index (χ2v) is 11.6. The predicted molar refractivity (Wildman–Crippen MR) is 158 cm³/mol. The number of halogens is 1. The molecule has 0 heterocycles. The number of thioether (sulfide) groups is 2. The zero-order chi connectivity index (χ0) is 26.7. The van der Waals surface area contributed by atoms with Gasteiger partial charge in [0.2, 0.25) is 0 Å². The Hall–Kier alpha value is -3.06. The van der Waals surface area contributed by atoms with Crippen molar-refractivity contribution in [3.63, 3.8) is 0 Å². The van der Waals surface area contributed by atoms with Gasteiger partial charge in [-0.25, -0.2) is 4.79 Å². The normalized spacial score (nSPS) is 15.2. The third-order valence-corrected chi connectivity index (χ3v) is 8.31. The summed E-state index contributed by atoms with van der Waals surface area (Å²) in [7, 11) is 0. The first-order valence-electron chi connectivity index (χ1n) is 12.4. The lowest BCUT2D eigenvalue weighted by Crippen LogP contribution is -2.10. The van der Waals surface area contributed by atoms with E-state index in [4.69, 9.17) is 16.4 Å². The lowest BCUT2D eigenvalue weighted by molar-refractivity contribution is -0.140. The van der Waals surface area contributed by atoms with E-state index >= 15 is 0 Å². The summed E-state index contributed by atoms with van der Waals surface area (Å²) < 4.78 is 0. The number of carbonyl (C=O) groups excluding carboxylic acids is 2. The molecule has 0 fully saturated rings. The van der Waals surface area contributed by atoms with E-state index in [1.54, 1.807) is 23.5 Å². The maximum absolute atomic E-state index is 12.6. The van der Waals surface area contributed by atoms with Gasteiger partial charge in [-0.05, 0) is 79.1 Å². The van der Waals surface area contributed by atoms with Gasteiger partial charge in [0.15, 0.2) is 5.78 Å². The number of rotatable bonds is 11. The van der Waals surface area contributed by atoms with Crippen molar-refractivity contribution in [1.82, 2.24) is 0 Å². The Morgan fingerprint density at radius 3 is 2.29 bits per heavy atom. The summed E-state index contributed by atoms with van der Waals surface area (Å²) in [5, 5.41) is 5.14. The van der Waals surface area contributed by atoms with Crippen molar-refractivity contribution in [2.45, 2.75) is 41.2 Å². The molecule has 0 spiro atoms. The Labute approximate surface area is 237 Å². The largest absolute Gasteiger partial charge is 0.331 e. The third kappa shape index (κ3) is 8.48. The summed E-state index contributed by atoms with van der Waals surface area (Å²) in [5.41, 5.74) is 3.14. The van der Waals surface area contributed by atoms with Crippen LogP contribution >= 0.6 is 35.1 Å². The van der Waals surface area contributed by atoms with Crippen LogP contribution in [0.25, 0.3) is 0 Å². The van der Waals surface area contributed by atoms with Crippen LogP contribution < -0.4 is 0 Å². The first kappa shape index (κ1) is 28.0. The van der Waals surface area contributed by atoms with Gasteiger partial charge in [-0.15, -0.1) is 23.5 Å². The summed E-state index contributed by atoms with van der Waals surface area (Å²) in [4.78, 5) is 31.3. The standard InChI is InChI=1S/C31H28ClNO3S2/c1-22(34)36-33-30(8-5-21-37-27-19-13-26(32)14-20-27)23-9-15-28(16-10-23)38-29-17-11-25(12-18-29)31(35)24-6-3-2-4-7-24/h2-4,6-7,9-15,17-20,28H,5,8,16,21H2,1H3/b33-30+. The molecule has 1 aliphatic carbocycles. The number of benzene rings is 3. The molecule has 0 saturated carbocycles. The molecular weight excluding hydrogens is 534 g/mol. The minimum atomic E-state index is -0.430. The van der Waals surface area contributed by atoms with E-state index in [0.29, 0.717) is 17.5 Å². The second kappa shape index (κ2) is 14.2. The number of allylic oxidation sites excluding steroid dienone is 3. The Morgan fingerprint density at radius 2 is 1.63 bits per heavy atom. The summed E-state index contributed by atoms with van der Waals surface area (Å²) >= 11 is 9.48. The monoisotopic (exact) mass is 561 g/mol. The van der Waals surface area contributed by atoms with Gasteiger partial charge in [0.1, 0.15) is 0 Å². The van der Waals surface area contributed by atoms with Gasteiger partial charge in [0.05, 0.1) is 5.71 Å². The van der Waals surface area contributed by atoms with Crippen LogP contribution in [-0.2, 0) is 9.63 Å². The van der Waals surface area contributed by atoms with Gasteiger partial charge in [-0.3, -0.25) is 4.79 Å². The van der Waals surface area contributed by atoms with Gasteiger partial charge in [0.25, 0.3) is 0 Å². The number of oxime groups is 1. The van der Waals surface area contributed by atoms with Crippen LogP contribution in [0.3, 0.4) is 0 Å². The second-order valence-electron chi connectivity index (χ2n) is 8.66. The highest BCUT2D eigenvalue weighted by Gasteiger charge is 2.15. The molecule has 1 atom stereocenters. The first-order valence-corrected chi connectivity index (χ1v) is 14.6. The lowest BCUT2D eigenvalue weighted by Gasteiger charge is -2.17. The first-order chi connectivity index (χ1) is 18.5. The van der Waals surface area contributed by atoms with Crippen LogP contribution in [0, 0.1) is 0 Å². The molecule has 7 heteroatoms. The predicted octanol–water partition coefficient (Wildman–Crippen LogP) is 8.41. The maximum atomic E-state index is 12.6. The summed E-state index contributed by atoms with van der Waals surface area (Å²) in [6.45, 7) is 1.36. The van der Waals surface area contributed by atoms with E-state index in [9.17, 15) is 9.59 Å². The van der Waals surface area contributed by atoms with Crippen molar-refractivity contribution in [2.24, 2.45) is 5.16 Å². The van der Waals surface area contributed by atoms with Gasteiger partial charge in [-0.1, -0.05) is 65.3 Å². The van der Waals surface area contributed by atoms with E-state index < -0.39 is 5.97 Å². The number of hydrogen-bond donors (Lipinski definition) is 0. The fourth-order valence-corrected chi connectivity index (χ4v) is 5.81. The lowest BCUT2D eigenvalue weighted by atomic mass is 10.00. The molecule has 0 saturated heterocycles. The van der Waals surface area contributed by atoms with Gasteiger partial charge in [0, 0.05) is 38.1 Å². The van der Waals surface area contributed by atoms with Gasteiger partial charge in [-0.2, -0.15) is 0 Å². The van der Waals surface area contributed by atoms with E-state index in [1.807, 2.05) is 78.9 Å². The van der Waals surface area contributed by atoms with Crippen molar-refractivity contribution in [3.8, 4) is 0 Å². The molecule has 0 amide bonds. The van der Waals surface area contributed by atoms with Gasteiger partial charge >= 0.3 is 5.97 Å². The maximum Gasteiger partial charge on any atom is 0.331 e. The highest BCUT2D eigenvalue weighted by molar-refractivity contribution is 8.00. The van der Waals surface area contributed by atoms with Gasteiger partial charge < -0.3 is 4.84 Å². The molecule has 0 bridgehead atoms. The van der Waals surface area contributed by atoms with E-state index in [1.165, 1.54) is 11.8 Å². The molecule has 4 nitrogen and oxygen atoms in total. The zero-order valence-electron chi connectivity index (χ0n) is 21.0. The van der Waals surface area contributed by atoms with Crippen molar-refractivity contribution >= 4 is 52.6 Å². The average Bonchev–Trinajstić information content (AvgIpc) is 2.94. The zero-order valence-corrected chi connectivity index (χ0v) is 23.4. The van der Waals surface area contributed by atoms with Crippen molar-refractivity contribution in [2.75, 3.05) is 5.75 Å². The fraction of sp³-hybridized carbons (Fsp3) is 0.194. The summed E-state index contributed by atoms with van der Waals surface area (Å²) in [5.74, 6) is 0.512. The number of ketones is 1. The molecular formula is C31H28ClNO3S2. The van der Waals surface area contributed by atoms with Crippen LogP contribution in [0.2, 0.25) is 5.02 Å². The molecule has 0 N–H and O–H groups in total. The Kier molecular flexibility index (Phi) is 10.4. The highest BCUT2D eigenvalue weighted by Crippen LogP contribution is 2.31. The quantitative estimate of drug-likeness (QED) is 0.0587. The smallest absolute Gasteiger partial charge is 0.318 e. The molecule has 38 heavy (non-hydrogen) atoms. The topological polar surface area (TPSA) is 55.7 Å². The number of carbonyl (C=O) groups is 2. The van der Waals surface area contributed by atoms with Crippen molar-refractivity contribution in [1.29, 1.82) is 0 Å². The molecule has 0 aliphatic heterocycles. The van der Waals surface area contributed by atoms with Crippen LogP contribution in [0.15, 0.2) is 118 Å². The molecule has 194 valence electrons. The van der Waals surface area contributed by atoms with E-state index in [-0.39, 0.29) is 11.0 Å². The number of nitrogens with zero attached hydrogens (tertiary/aromatic N) is 1. The molecule has 1 aliphatic rings. The van der Waals surface area contributed by atoms with Crippen molar-refractivity contribution in [3.05, 3.63) is 119 Å². The van der Waals surface area contributed by atoms with Crippen LogP contribution in [0.4, 0.5) is 0 Å². The van der Waals surface area contributed by atoms with E-state index in [2.05, 4.69) is 23.4 Å². The molecule has 0 radical (unpaired) electrons. The summed E-state index contributed by atoms with van der Waals surface area (Å²) in [6.07, 6.45) is 8.81. The number of hydrogen-bond acceptors (Lipinski definition) is 6. The van der Waals surface area contributed by atoms with Crippen LogP contribution in [0.1, 0.15) is 42.1 Å². The Morgan fingerprint density at radius 1 is 0.947 bits per heavy atom. The van der Waals surface area contributed by atoms with Crippen molar-refractivity contribution < 1.29 is 14.4 Å². The fourth-order valence-electron chi connectivity index (χ4n) is 3.84. The van der Waals surface area contributed by atoms with Crippen LogP contribution in [-0.4, -0.2) is 28.5 Å². The highest BCUT2D eigenvalue weighted by atomic mass is 35.5. The SMILES string of the molecule is CC(=O)O/N=C(\CCCSc1ccc(Cl)cc1)C1=CCC(Sc2ccc(C(=O)c3ccccc3)cc2)C=C1.